The fourth-order valence-electron chi connectivity index (χ4n) is 3.10. The van der Waals surface area contributed by atoms with Crippen LogP contribution in [0.2, 0.25) is 0 Å². The normalized spacial score (nSPS) is 41.6. The molecule has 0 amide bonds. The van der Waals surface area contributed by atoms with Gasteiger partial charge in [-0.05, 0) is 32.1 Å². The summed E-state index contributed by atoms with van der Waals surface area (Å²) in [6.07, 6.45) is 3.58. The van der Waals surface area contributed by atoms with Crippen molar-refractivity contribution in [2.45, 2.75) is 45.2 Å². The lowest BCUT2D eigenvalue weighted by Gasteiger charge is -2.44. The van der Waals surface area contributed by atoms with Gasteiger partial charge >= 0.3 is 0 Å². The molecule has 2 aliphatic rings. The topological polar surface area (TPSA) is 27.0 Å². The van der Waals surface area contributed by atoms with E-state index in [9.17, 15) is 5.26 Å². The van der Waals surface area contributed by atoms with Gasteiger partial charge in [0.2, 0.25) is 0 Å². The summed E-state index contributed by atoms with van der Waals surface area (Å²) in [5.41, 5.74) is 0. The summed E-state index contributed by atoms with van der Waals surface area (Å²) >= 11 is 2.06. The number of hydrogen-bond acceptors (Lipinski definition) is 3. The Balaban J connectivity index is 2.06. The molecule has 3 heteroatoms. The zero-order valence-electron chi connectivity index (χ0n) is 10.4. The van der Waals surface area contributed by atoms with E-state index in [1.807, 2.05) is 0 Å². The van der Waals surface area contributed by atoms with Gasteiger partial charge in [0, 0.05) is 30.1 Å². The summed E-state index contributed by atoms with van der Waals surface area (Å²) in [7, 11) is 0. The lowest BCUT2D eigenvalue weighted by atomic mass is 9.78. The second-order valence-corrected chi connectivity index (χ2v) is 6.53. The second-order valence-electron chi connectivity index (χ2n) is 5.38. The Labute approximate surface area is 103 Å². The van der Waals surface area contributed by atoms with Crippen molar-refractivity contribution in [3.8, 4) is 6.07 Å². The van der Waals surface area contributed by atoms with Crippen molar-refractivity contribution in [2.24, 2.45) is 11.8 Å². The number of nitriles is 1. The van der Waals surface area contributed by atoms with Gasteiger partial charge in [0.15, 0.2) is 0 Å². The summed E-state index contributed by atoms with van der Waals surface area (Å²) in [6, 6.07) is 3.73. The molecular formula is C13H22N2S. The van der Waals surface area contributed by atoms with Crippen molar-refractivity contribution in [3.05, 3.63) is 0 Å². The van der Waals surface area contributed by atoms with Gasteiger partial charge in [0.05, 0.1) is 12.0 Å². The molecule has 16 heavy (non-hydrogen) atoms. The molecule has 1 aliphatic carbocycles. The molecular weight excluding hydrogens is 216 g/mol. The Morgan fingerprint density at radius 3 is 2.81 bits per heavy atom. The van der Waals surface area contributed by atoms with Crippen molar-refractivity contribution >= 4 is 11.8 Å². The molecule has 0 bridgehead atoms. The van der Waals surface area contributed by atoms with Crippen LogP contribution in [0.5, 0.6) is 0 Å². The van der Waals surface area contributed by atoms with Crippen LogP contribution in [-0.2, 0) is 0 Å². The fraction of sp³-hybridized carbons (Fsp3) is 0.923. The van der Waals surface area contributed by atoms with E-state index < -0.39 is 0 Å². The SMILES string of the molecule is CC1CCC(C#N)C(N2CCSCC2C)C1. The fourth-order valence-corrected chi connectivity index (χ4v) is 4.14. The third-order valence-electron chi connectivity index (χ3n) is 4.09. The van der Waals surface area contributed by atoms with Crippen molar-refractivity contribution < 1.29 is 0 Å². The molecule has 0 spiro atoms. The van der Waals surface area contributed by atoms with E-state index in [1.165, 1.54) is 30.9 Å². The van der Waals surface area contributed by atoms with Crippen molar-refractivity contribution in [2.75, 3.05) is 18.1 Å². The van der Waals surface area contributed by atoms with Gasteiger partial charge in [0.25, 0.3) is 0 Å². The number of thioether (sulfide) groups is 1. The molecule has 0 N–H and O–H groups in total. The molecule has 2 rings (SSSR count). The molecule has 1 heterocycles. The van der Waals surface area contributed by atoms with Crippen LogP contribution in [0.4, 0.5) is 0 Å². The lowest BCUT2D eigenvalue weighted by molar-refractivity contribution is 0.0829. The highest BCUT2D eigenvalue weighted by Crippen LogP contribution is 2.34. The van der Waals surface area contributed by atoms with Crippen LogP contribution >= 0.6 is 11.8 Å². The Hall–Kier alpha value is -0.200. The zero-order chi connectivity index (χ0) is 11.5. The van der Waals surface area contributed by atoms with Crippen LogP contribution in [0.15, 0.2) is 0 Å². The van der Waals surface area contributed by atoms with E-state index in [1.54, 1.807) is 0 Å². The van der Waals surface area contributed by atoms with Crippen LogP contribution < -0.4 is 0 Å². The average Bonchev–Trinajstić information content (AvgIpc) is 2.29. The smallest absolute Gasteiger partial charge is 0.0672 e. The maximum Gasteiger partial charge on any atom is 0.0672 e. The van der Waals surface area contributed by atoms with E-state index in [2.05, 4.69) is 36.6 Å². The van der Waals surface area contributed by atoms with Crippen LogP contribution in [0.3, 0.4) is 0 Å². The highest BCUT2D eigenvalue weighted by atomic mass is 32.2. The van der Waals surface area contributed by atoms with E-state index in [0.717, 1.165) is 12.3 Å². The van der Waals surface area contributed by atoms with Crippen LogP contribution in [0.25, 0.3) is 0 Å². The van der Waals surface area contributed by atoms with Crippen LogP contribution in [0.1, 0.15) is 33.1 Å². The van der Waals surface area contributed by atoms with E-state index in [4.69, 9.17) is 0 Å². The van der Waals surface area contributed by atoms with E-state index in [0.29, 0.717) is 12.1 Å². The molecule has 0 aromatic heterocycles. The Morgan fingerprint density at radius 2 is 2.12 bits per heavy atom. The Morgan fingerprint density at radius 1 is 1.31 bits per heavy atom. The van der Waals surface area contributed by atoms with Crippen LogP contribution in [0, 0.1) is 23.2 Å². The van der Waals surface area contributed by atoms with E-state index >= 15 is 0 Å². The molecule has 1 saturated heterocycles. The first-order valence-electron chi connectivity index (χ1n) is 6.45. The third kappa shape index (κ3) is 2.55. The first kappa shape index (κ1) is 12.3. The number of hydrogen-bond donors (Lipinski definition) is 0. The lowest BCUT2D eigenvalue weighted by Crippen LogP contribution is -2.51. The highest BCUT2D eigenvalue weighted by molar-refractivity contribution is 7.99. The Kier molecular flexibility index (Phi) is 4.16. The maximum absolute atomic E-state index is 9.28. The van der Waals surface area contributed by atoms with Gasteiger partial charge < -0.3 is 0 Å². The van der Waals surface area contributed by atoms with Gasteiger partial charge in [0.1, 0.15) is 0 Å². The second kappa shape index (κ2) is 5.42. The minimum atomic E-state index is 0.279. The molecule has 4 unspecified atom stereocenters. The summed E-state index contributed by atoms with van der Waals surface area (Å²) in [6.45, 7) is 5.84. The van der Waals surface area contributed by atoms with Gasteiger partial charge in [-0.1, -0.05) is 6.92 Å². The molecule has 0 radical (unpaired) electrons. The molecule has 1 saturated carbocycles. The molecule has 4 atom stereocenters. The number of nitrogens with zero attached hydrogens (tertiary/aromatic N) is 2. The average molecular weight is 238 g/mol. The van der Waals surface area contributed by atoms with Gasteiger partial charge in [-0.2, -0.15) is 17.0 Å². The van der Waals surface area contributed by atoms with Crippen molar-refractivity contribution in [1.29, 1.82) is 5.26 Å². The number of rotatable bonds is 1. The molecule has 0 aromatic rings. The monoisotopic (exact) mass is 238 g/mol. The first-order chi connectivity index (χ1) is 7.72. The van der Waals surface area contributed by atoms with Crippen molar-refractivity contribution in [3.63, 3.8) is 0 Å². The van der Waals surface area contributed by atoms with Gasteiger partial charge in [-0.25, -0.2) is 0 Å². The predicted octanol–water partition coefficient (Wildman–Crippen LogP) is 2.75. The van der Waals surface area contributed by atoms with Gasteiger partial charge in [-0.15, -0.1) is 0 Å². The molecule has 1 aliphatic heterocycles. The molecule has 2 nitrogen and oxygen atoms in total. The quantitative estimate of drug-likeness (QED) is 0.703. The van der Waals surface area contributed by atoms with Gasteiger partial charge in [-0.3, -0.25) is 4.90 Å². The minimum Gasteiger partial charge on any atom is -0.295 e. The third-order valence-corrected chi connectivity index (χ3v) is 5.28. The predicted molar refractivity (Wildman–Crippen MR) is 69.4 cm³/mol. The maximum atomic E-state index is 9.28. The summed E-state index contributed by atoms with van der Waals surface area (Å²) < 4.78 is 0. The van der Waals surface area contributed by atoms with Crippen molar-refractivity contribution in [1.82, 2.24) is 4.90 Å². The summed E-state index contributed by atoms with van der Waals surface area (Å²) in [5, 5.41) is 9.28. The van der Waals surface area contributed by atoms with Crippen LogP contribution in [-0.4, -0.2) is 35.0 Å². The molecule has 0 aromatic carbocycles. The summed E-state index contributed by atoms with van der Waals surface area (Å²) in [5.74, 6) is 3.56. The molecule has 90 valence electrons. The molecule has 2 fully saturated rings. The zero-order valence-corrected chi connectivity index (χ0v) is 11.2. The summed E-state index contributed by atoms with van der Waals surface area (Å²) in [4.78, 5) is 2.61. The Bertz CT molecular complexity index is 274. The standard InChI is InChI=1S/C13H22N2S/c1-10-3-4-12(8-14)13(7-10)15-5-6-16-9-11(15)2/h10-13H,3-7,9H2,1-2H3. The first-order valence-corrected chi connectivity index (χ1v) is 7.61. The minimum absolute atomic E-state index is 0.279. The highest BCUT2D eigenvalue weighted by Gasteiger charge is 2.35. The van der Waals surface area contributed by atoms with E-state index in [-0.39, 0.29) is 5.92 Å². The largest absolute Gasteiger partial charge is 0.295 e.